The Kier molecular flexibility index (Phi) is 4.70. The molecular weight excluding hydrogens is 299 g/mol. The fourth-order valence-electron chi connectivity index (χ4n) is 2.32. The average Bonchev–Trinajstić information content (AvgIpc) is 2.86. The minimum absolute atomic E-state index is 0.0212. The van der Waals surface area contributed by atoms with Gasteiger partial charge in [-0.15, -0.1) is 0 Å². The number of nitrogens with two attached hydrogens (primary N) is 1. The molecule has 1 heterocycles. The number of hydrogen-bond donors (Lipinski definition) is 2. The Morgan fingerprint density at radius 2 is 2.14 bits per heavy atom. The highest BCUT2D eigenvalue weighted by Crippen LogP contribution is 2.33. The van der Waals surface area contributed by atoms with E-state index in [1.54, 1.807) is 0 Å². The molecule has 1 atom stereocenters. The predicted molar refractivity (Wildman–Crippen MR) is 74.0 cm³/mol. The summed E-state index contributed by atoms with van der Waals surface area (Å²) in [5.74, 6) is -1.26. The van der Waals surface area contributed by atoms with Gasteiger partial charge in [-0.25, -0.2) is 0 Å². The van der Waals surface area contributed by atoms with Gasteiger partial charge in [0, 0.05) is 31.7 Å². The van der Waals surface area contributed by atoms with Gasteiger partial charge in [-0.1, -0.05) is 6.07 Å². The number of halogens is 3. The van der Waals surface area contributed by atoms with Crippen LogP contribution in [0.4, 0.5) is 18.9 Å². The topological polar surface area (TPSA) is 75.4 Å². The molecule has 120 valence electrons. The molecule has 5 nitrogen and oxygen atoms in total. The number of rotatable bonds is 4. The number of alkyl halides is 3. The van der Waals surface area contributed by atoms with E-state index in [1.165, 1.54) is 17.0 Å². The number of nitrogens with zero attached hydrogens (tertiary/aromatic N) is 1. The molecule has 1 fully saturated rings. The van der Waals surface area contributed by atoms with Crippen molar-refractivity contribution in [2.75, 3.05) is 24.5 Å². The van der Waals surface area contributed by atoms with Crippen LogP contribution < -0.4 is 16.0 Å². The molecule has 1 aliphatic rings. The third-order valence-corrected chi connectivity index (χ3v) is 3.42. The second kappa shape index (κ2) is 6.35. The van der Waals surface area contributed by atoms with Crippen LogP contribution >= 0.6 is 0 Å². The Hall–Kier alpha value is -2.09. The highest BCUT2D eigenvalue weighted by Gasteiger charge is 2.36. The van der Waals surface area contributed by atoms with Crippen LogP contribution in [0.15, 0.2) is 24.3 Å². The molecule has 0 unspecified atom stereocenters. The normalized spacial score (nSPS) is 18.6. The highest BCUT2D eigenvalue weighted by atomic mass is 19.4. The quantitative estimate of drug-likeness (QED) is 0.875. The van der Waals surface area contributed by atoms with Gasteiger partial charge < -0.3 is 16.0 Å². The van der Waals surface area contributed by atoms with Gasteiger partial charge in [0.15, 0.2) is 0 Å². The number of carbonyl (C=O) groups is 2. The maximum Gasteiger partial charge on any atom is 0.416 e. The molecule has 0 aromatic heterocycles. The number of carbonyl (C=O) groups excluding carboxylic acids is 2. The molecule has 2 amide bonds. The smallest absolute Gasteiger partial charge is 0.355 e. The van der Waals surface area contributed by atoms with Gasteiger partial charge in [0.05, 0.1) is 11.5 Å². The predicted octanol–water partition coefficient (Wildman–Crippen LogP) is 1.13. The van der Waals surface area contributed by atoms with E-state index in [-0.39, 0.29) is 37.0 Å². The number of benzene rings is 1. The van der Waals surface area contributed by atoms with E-state index < -0.39 is 17.7 Å². The van der Waals surface area contributed by atoms with Crippen LogP contribution in [0.5, 0.6) is 0 Å². The average molecular weight is 315 g/mol. The summed E-state index contributed by atoms with van der Waals surface area (Å²) in [5.41, 5.74) is 4.60. The highest BCUT2D eigenvalue weighted by molar-refractivity contribution is 6.00. The summed E-state index contributed by atoms with van der Waals surface area (Å²) in [6.07, 6.45) is -4.50. The molecule has 0 saturated carbocycles. The zero-order valence-electron chi connectivity index (χ0n) is 11.7. The first-order valence-electron chi connectivity index (χ1n) is 6.78. The van der Waals surface area contributed by atoms with Gasteiger partial charge >= 0.3 is 6.18 Å². The van der Waals surface area contributed by atoms with Crippen molar-refractivity contribution in [3.05, 3.63) is 29.8 Å². The molecular formula is C14H16F3N3O2. The van der Waals surface area contributed by atoms with Crippen molar-refractivity contribution in [1.82, 2.24) is 5.32 Å². The summed E-state index contributed by atoms with van der Waals surface area (Å²) >= 11 is 0. The third kappa shape index (κ3) is 3.56. The lowest BCUT2D eigenvalue weighted by Crippen LogP contribution is -2.35. The SMILES string of the molecule is NCCNC(=O)[C@H]1CC(=O)N(c2cccc(C(F)(F)F)c2)C1. The molecule has 22 heavy (non-hydrogen) atoms. The van der Waals surface area contributed by atoms with E-state index in [0.29, 0.717) is 6.54 Å². The fourth-order valence-corrected chi connectivity index (χ4v) is 2.32. The van der Waals surface area contributed by atoms with Crippen LogP contribution in [0.3, 0.4) is 0 Å². The Bertz CT molecular complexity index is 575. The summed E-state index contributed by atoms with van der Waals surface area (Å²) < 4.78 is 38.2. The first-order valence-corrected chi connectivity index (χ1v) is 6.78. The Morgan fingerprint density at radius 1 is 1.41 bits per heavy atom. The fraction of sp³-hybridized carbons (Fsp3) is 0.429. The van der Waals surface area contributed by atoms with E-state index in [9.17, 15) is 22.8 Å². The van der Waals surface area contributed by atoms with Crippen LogP contribution in [0.2, 0.25) is 0 Å². The minimum Gasteiger partial charge on any atom is -0.355 e. The van der Waals surface area contributed by atoms with E-state index in [4.69, 9.17) is 5.73 Å². The van der Waals surface area contributed by atoms with Crippen LogP contribution in [0.1, 0.15) is 12.0 Å². The zero-order valence-corrected chi connectivity index (χ0v) is 11.7. The van der Waals surface area contributed by atoms with E-state index in [0.717, 1.165) is 12.1 Å². The third-order valence-electron chi connectivity index (χ3n) is 3.42. The van der Waals surface area contributed by atoms with Crippen molar-refractivity contribution < 1.29 is 22.8 Å². The summed E-state index contributed by atoms with van der Waals surface area (Å²) in [6.45, 7) is 0.646. The Labute approximate surface area is 125 Å². The van der Waals surface area contributed by atoms with Crippen LogP contribution in [-0.4, -0.2) is 31.4 Å². The van der Waals surface area contributed by atoms with E-state index in [2.05, 4.69) is 5.32 Å². The maximum absolute atomic E-state index is 12.7. The summed E-state index contributed by atoms with van der Waals surface area (Å²) in [7, 11) is 0. The molecule has 1 saturated heterocycles. The monoisotopic (exact) mass is 315 g/mol. The summed E-state index contributed by atoms with van der Waals surface area (Å²) in [5, 5.41) is 2.58. The summed E-state index contributed by atoms with van der Waals surface area (Å²) in [6, 6.07) is 4.52. The van der Waals surface area contributed by atoms with Gasteiger partial charge in [0.25, 0.3) is 0 Å². The lowest BCUT2D eigenvalue weighted by Gasteiger charge is -2.18. The Balaban J connectivity index is 2.13. The van der Waals surface area contributed by atoms with Gasteiger partial charge in [-0.05, 0) is 18.2 Å². The molecule has 3 N–H and O–H groups in total. The number of hydrogen-bond acceptors (Lipinski definition) is 3. The van der Waals surface area contributed by atoms with Gasteiger partial charge in [0.2, 0.25) is 11.8 Å². The second-order valence-electron chi connectivity index (χ2n) is 5.03. The number of anilines is 1. The van der Waals surface area contributed by atoms with Crippen molar-refractivity contribution in [2.24, 2.45) is 11.7 Å². The first-order chi connectivity index (χ1) is 10.3. The largest absolute Gasteiger partial charge is 0.416 e. The lowest BCUT2D eigenvalue weighted by molar-refractivity contribution is -0.137. The van der Waals surface area contributed by atoms with Crippen molar-refractivity contribution in [2.45, 2.75) is 12.6 Å². The second-order valence-corrected chi connectivity index (χ2v) is 5.03. The molecule has 1 aromatic rings. The van der Waals surface area contributed by atoms with Crippen molar-refractivity contribution in [3.8, 4) is 0 Å². The standard InChI is InChI=1S/C14H16F3N3O2/c15-14(16,17)10-2-1-3-11(7-10)20-8-9(6-12(20)21)13(22)19-5-4-18/h1-3,7,9H,4-6,8,18H2,(H,19,22)/t9-/m0/s1. The van der Waals surface area contributed by atoms with Crippen LogP contribution in [0, 0.1) is 5.92 Å². The molecule has 1 aliphatic heterocycles. The van der Waals surface area contributed by atoms with Crippen LogP contribution in [0.25, 0.3) is 0 Å². The minimum atomic E-state index is -4.48. The molecule has 8 heteroatoms. The van der Waals surface area contributed by atoms with Crippen LogP contribution in [-0.2, 0) is 15.8 Å². The number of nitrogens with one attached hydrogen (secondary N) is 1. The molecule has 0 radical (unpaired) electrons. The first kappa shape index (κ1) is 16.3. The molecule has 0 aliphatic carbocycles. The number of amides is 2. The molecule has 2 rings (SSSR count). The molecule has 1 aromatic carbocycles. The maximum atomic E-state index is 12.7. The molecule has 0 spiro atoms. The van der Waals surface area contributed by atoms with Crippen molar-refractivity contribution >= 4 is 17.5 Å². The van der Waals surface area contributed by atoms with Gasteiger partial charge in [-0.2, -0.15) is 13.2 Å². The summed E-state index contributed by atoms with van der Waals surface area (Å²) in [4.78, 5) is 25.0. The molecule has 0 bridgehead atoms. The van der Waals surface area contributed by atoms with Gasteiger partial charge in [0.1, 0.15) is 0 Å². The lowest BCUT2D eigenvalue weighted by atomic mass is 10.1. The van der Waals surface area contributed by atoms with Crippen molar-refractivity contribution in [1.29, 1.82) is 0 Å². The zero-order chi connectivity index (χ0) is 16.3. The van der Waals surface area contributed by atoms with Crippen molar-refractivity contribution in [3.63, 3.8) is 0 Å². The van der Waals surface area contributed by atoms with E-state index in [1.807, 2.05) is 0 Å². The van der Waals surface area contributed by atoms with Gasteiger partial charge in [-0.3, -0.25) is 9.59 Å². The Morgan fingerprint density at radius 3 is 2.77 bits per heavy atom. The van der Waals surface area contributed by atoms with E-state index >= 15 is 0 Å².